The first-order valence-electron chi connectivity index (χ1n) is 8.57. The van der Waals surface area contributed by atoms with Gasteiger partial charge < -0.3 is 20.1 Å². The lowest BCUT2D eigenvalue weighted by Gasteiger charge is -2.09. The minimum absolute atomic E-state index is 0.303. The first-order valence-corrected chi connectivity index (χ1v) is 8.95. The normalized spacial score (nSPS) is 10.1. The molecule has 0 aliphatic carbocycles. The number of para-hydroxylation sites is 1. The number of methoxy groups -OCH3 is 1. The molecular weight excluding hydrogens is 384 g/mol. The Morgan fingerprint density at radius 2 is 1.71 bits per heavy atom. The maximum absolute atomic E-state index is 12.1. The van der Waals surface area contributed by atoms with E-state index in [4.69, 9.17) is 21.1 Å². The van der Waals surface area contributed by atoms with Gasteiger partial charge in [0, 0.05) is 11.6 Å². The molecule has 0 saturated heterocycles. The van der Waals surface area contributed by atoms with E-state index in [2.05, 4.69) is 10.6 Å². The van der Waals surface area contributed by atoms with E-state index < -0.39 is 24.4 Å². The van der Waals surface area contributed by atoms with E-state index in [0.717, 1.165) is 5.56 Å². The van der Waals surface area contributed by atoms with Crippen LogP contribution < -0.4 is 15.4 Å². The molecular formula is C20H21ClN2O5. The molecule has 2 N–H and O–H groups in total. The van der Waals surface area contributed by atoms with Crippen molar-refractivity contribution in [2.45, 2.75) is 6.42 Å². The van der Waals surface area contributed by atoms with E-state index >= 15 is 0 Å². The van der Waals surface area contributed by atoms with E-state index in [1.165, 1.54) is 7.11 Å². The summed E-state index contributed by atoms with van der Waals surface area (Å²) < 4.78 is 9.94. The Kier molecular flexibility index (Phi) is 8.30. The molecule has 0 bridgehead atoms. The molecule has 28 heavy (non-hydrogen) atoms. The van der Waals surface area contributed by atoms with E-state index in [1.807, 2.05) is 12.1 Å². The lowest BCUT2D eigenvalue weighted by atomic mass is 10.1. The van der Waals surface area contributed by atoms with Gasteiger partial charge in [0.05, 0.1) is 12.7 Å². The Hall–Kier alpha value is -3.06. The number of nitrogens with one attached hydrogen (secondary N) is 2. The minimum Gasteiger partial charge on any atom is -0.496 e. The second-order valence-corrected chi connectivity index (χ2v) is 6.21. The van der Waals surface area contributed by atoms with Gasteiger partial charge in [-0.25, -0.2) is 0 Å². The van der Waals surface area contributed by atoms with E-state index in [1.54, 1.807) is 36.4 Å². The third kappa shape index (κ3) is 6.92. The number of ether oxygens (including phenoxy) is 2. The number of hydrogen-bond acceptors (Lipinski definition) is 5. The fourth-order valence-electron chi connectivity index (χ4n) is 2.33. The second kappa shape index (κ2) is 10.9. The average Bonchev–Trinajstić information content (AvgIpc) is 2.71. The Labute approximate surface area is 168 Å². The van der Waals surface area contributed by atoms with Crippen molar-refractivity contribution in [3.05, 3.63) is 64.7 Å². The van der Waals surface area contributed by atoms with Crippen molar-refractivity contribution in [3.63, 3.8) is 0 Å². The second-order valence-electron chi connectivity index (χ2n) is 5.77. The summed E-state index contributed by atoms with van der Waals surface area (Å²) in [5.74, 6) is -1.20. The third-order valence-electron chi connectivity index (χ3n) is 3.76. The van der Waals surface area contributed by atoms with Crippen molar-refractivity contribution in [1.82, 2.24) is 10.6 Å². The van der Waals surface area contributed by atoms with Crippen LogP contribution in [0.3, 0.4) is 0 Å². The predicted octanol–water partition coefficient (Wildman–Crippen LogP) is 1.98. The summed E-state index contributed by atoms with van der Waals surface area (Å²) in [6.07, 6.45) is 0.631. The van der Waals surface area contributed by atoms with Crippen molar-refractivity contribution in [2.75, 3.05) is 26.8 Å². The van der Waals surface area contributed by atoms with E-state index in [9.17, 15) is 14.4 Å². The molecule has 2 amide bonds. The molecule has 0 aliphatic rings. The fourth-order valence-corrected chi connectivity index (χ4v) is 2.45. The van der Waals surface area contributed by atoms with Crippen LogP contribution in [0, 0.1) is 0 Å². The van der Waals surface area contributed by atoms with Crippen molar-refractivity contribution < 1.29 is 23.9 Å². The van der Waals surface area contributed by atoms with Gasteiger partial charge in [-0.2, -0.15) is 0 Å². The van der Waals surface area contributed by atoms with Crippen LogP contribution in [-0.4, -0.2) is 44.6 Å². The Bertz CT molecular complexity index is 824. The zero-order valence-electron chi connectivity index (χ0n) is 15.4. The Morgan fingerprint density at radius 1 is 1.00 bits per heavy atom. The highest BCUT2D eigenvalue weighted by Gasteiger charge is 2.13. The van der Waals surface area contributed by atoms with Gasteiger partial charge >= 0.3 is 5.97 Å². The first kappa shape index (κ1) is 21.2. The highest BCUT2D eigenvalue weighted by molar-refractivity contribution is 6.30. The van der Waals surface area contributed by atoms with Crippen molar-refractivity contribution in [2.24, 2.45) is 0 Å². The van der Waals surface area contributed by atoms with Gasteiger partial charge in [0.1, 0.15) is 12.3 Å². The molecule has 0 unspecified atom stereocenters. The van der Waals surface area contributed by atoms with Crippen LogP contribution in [0.25, 0.3) is 0 Å². The Balaban J connectivity index is 1.65. The number of benzene rings is 2. The lowest BCUT2D eigenvalue weighted by molar-refractivity contribution is -0.147. The van der Waals surface area contributed by atoms with Gasteiger partial charge in [-0.05, 0) is 36.2 Å². The largest absolute Gasteiger partial charge is 0.496 e. The van der Waals surface area contributed by atoms with Gasteiger partial charge in [0.2, 0.25) is 0 Å². The minimum atomic E-state index is -0.712. The van der Waals surface area contributed by atoms with Gasteiger partial charge in [-0.3, -0.25) is 14.4 Å². The van der Waals surface area contributed by atoms with Crippen LogP contribution in [0.15, 0.2) is 48.5 Å². The quantitative estimate of drug-likeness (QED) is 0.623. The molecule has 0 radical (unpaired) electrons. The smallest absolute Gasteiger partial charge is 0.325 e. The summed E-state index contributed by atoms with van der Waals surface area (Å²) in [6.45, 7) is -0.360. The molecule has 2 aromatic rings. The maximum atomic E-state index is 12.1. The average molecular weight is 405 g/mol. The summed E-state index contributed by atoms with van der Waals surface area (Å²) in [6, 6.07) is 13.9. The maximum Gasteiger partial charge on any atom is 0.325 e. The van der Waals surface area contributed by atoms with Gasteiger partial charge in [0.25, 0.3) is 11.8 Å². The van der Waals surface area contributed by atoms with Crippen LogP contribution in [0.1, 0.15) is 15.9 Å². The predicted molar refractivity (Wildman–Crippen MR) is 104 cm³/mol. The lowest BCUT2D eigenvalue weighted by Crippen LogP contribution is -2.34. The standard InChI is InChI=1S/C20H21ClN2O5/c1-27-17-5-3-2-4-16(17)20(26)23-12-19(25)28-13-18(24)22-11-10-14-6-8-15(21)9-7-14/h2-9H,10-13H2,1H3,(H,22,24)(H,23,26). The molecule has 148 valence electrons. The first-order chi connectivity index (χ1) is 13.5. The molecule has 0 saturated carbocycles. The molecule has 0 aromatic heterocycles. The summed E-state index contributed by atoms with van der Waals surface area (Å²) >= 11 is 5.81. The van der Waals surface area contributed by atoms with E-state index in [0.29, 0.717) is 29.3 Å². The third-order valence-corrected chi connectivity index (χ3v) is 4.01. The van der Waals surface area contributed by atoms with Crippen LogP contribution in [0.4, 0.5) is 0 Å². The SMILES string of the molecule is COc1ccccc1C(=O)NCC(=O)OCC(=O)NCCc1ccc(Cl)cc1. The topological polar surface area (TPSA) is 93.7 Å². The zero-order chi connectivity index (χ0) is 20.4. The van der Waals surface area contributed by atoms with Crippen molar-refractivity contribution >= 4 is 29.4 Å². The molecule has 2 rings (SSSR count). The molecule has 0 spiro atoms. The monoisotopic (exact) mass is 404 g/mol. The van der Waals surface area contributed by atoms with Gasteiger partial charge in [-0.15, -0.1) is 0 Å². The molecule has 0 atom stereocenters. The summed E-state index contributed by atoms with van der Waals surface area (Å²) in [4.78, 5) is 35.5. The number of halogens is 1. The summed E-state index contributed by atoms with van der Waals surface area (Å²) in [5, 5.41) is 5.73. The molecule has 0 fully saturated rings. The molecule has 8 heteroatoms. The molecule has 0 heterocycles. The van der Waals surface area contributed by atoms with Gasteiger partial charge in [0.15, 0.2) is 6.61 Å². The van der Waals surface area contributed by atoms with Crippen LogP contribution in [0.5, 0.6) is 5.75 Å². The van der Waals surface area contributed by atoms with Crippen LogP contribution in [0.2, 0.25) is 5.02 Å². The number of esters is 1. The molecule has 2 aromatic carbocycles. The van der Waals surface area contributed by atoms with Crippen LogP contribution in [-0.2, 0) is 20.7 Å². The molecule has 7 nitrogen and oxygen atoms in total. The summed E-state index contributed by atoms with van der Waals surface area (Å²) in [5.41, 5.74) is 1.33. The van der Waals surface area contributed by atoms with Crippen LogP contribution >= 0.6 is 11.6 Å². The highest BCUT2D eigenvalue weighted by Crippen LogP contribution is 2.16. The number of carbonyl (C=O) groups excluding carboxylic acids is 3. The van der Waals surface area contributed by atoms with E-state index in [-0.39, 0.29) is 6.54 Å². The fraction of sp³-hybridized carbons (Fsp3) is 0.250. The number of amides is 2. The summed E-state index contributed by atoms with van der Waals surface area (Å²) in [7, 11) is 1.45. The highest BCUT2D eigenvalue weighted by atomic mass is 35.5. The van der Waals surface area contributed by atoms with Crippen molar-refractivity contribution in [1.29, 1.82) is 0 Å². The zero-order valence-corrected chi connectivity index (χ0v) is 16.1. The number of rotatable bonds is 9. The number of hydrogen-bond donors (Lipinski definition) is 2. The Morgan fingerprint density at radius 3 is 2.43 bits per heavy atom. The van der Waals surface area contributed by atoms with Gasteiger partial charge in [-0.1, -0.05) is 35.9 Å². The number of carbonyl (C=O) groups is 3. The van der Waals surface area contributed by atoms with Crippen molar-refractivity contribution in [3.8, 4) is 5.75 Å². The molecule has 0 aliphatic heterocycles.